The minimum Gasteiger partial charge on any atom is -0.372 e. The molecule has 0 aliphatic carbocycles. The van der Waals surface area contributed by atoms with Gasteiger partial charge in [-0.3, -0.25) is 0 Å². The van der Waals surface area contributed by atoms with Gasteiger partial charge in [0.15, 0.2) is 0 Å². The van der Waals surface area contributed by atoms with E-state index in [0.717, 1.165) is 13.2 Å². The van der Waals surface area contributed by atoms with Crippen molar-refractivity contribution in [3.8, 4) is 0 Å². The summed E-state index contributed by atoms with van der Waals surface area (Å²) in [6.07, 6.45) is 0. The molecule has 2 aromatic rings. The van der Waals surface area contributed by atoms with Gasteiger partial charge in [-0.25, -0.2) is 0 Å². The lowest BCUT2D eigenvalue weighted by Crippen LogP contribution is -2.16. The topological polar surface area (TPSA) is 21.3 Å². The molecule has 100 valence electrons. The van der Waals surface area contributed by atoms with Crippen LogP contribution < -0.4 is 5.32 Å². The van der Waals surface area contributed by atoms with Crippen molar-refractivity contribution in [3.05, 3.63) is 55.2 Å². The van der Waals surface area contributed by atoms with E-state index in [1.54, 1.807) is 0 Å². The molecule has 0 fully saturated rings. The SMILES string of the molecule is CNC(c1ccc2c(c1)COC2)c1cc(Br)c(C)s1. The Balaban J connectivity index is 1.98. The molecule has 1 unspecified atom stereocenters. The van der Waals surface area contributed by atoms with Crippen molar-refractivity contribution in [2.45, 2.75) is 26.2 Å². The van der Waals surface area contributed by atoms with Gasteiger partial charge < -0.3 is 10.1 Å². The molecule has 2 nitrogen and oxygen atoms in total. The van der Waals surface area contributed by atoms with Crippen LogP contribution in [-0.2, 0) is 18.0 Å². The zero-order valence-corrected chi connectivity index (χ0v) is 13.4. The molecule has 1 aromatic heterocycles. The van der Waals surface area contributed by atoms with E-state index in [1.165, 1.54) is 30.9 Å². The predicted octanol–water partition coefficient (Wildman–Crippen LogP) is 4.16. The van der Waals surface area contributed by atoms with Crippen LogP contribution in [0.4, 0.5) is 0 Å². The van der Waals surface area contributed by atoms with E-state index in [9.17, 15) is 0 Å². The van der Waals surface area contributed by atoms with Gasteiger partial charge in [0.05, 0.1) is 19.3 Å². The zero-order valence-electron chi connectivity index (χ0n) is 11.0. The maximum Gasteiger partial charge on any atom is 0.0725 e. The van der Waals surface area contributed by atoms with Crippen molar-refractivity contribution < 1.29 is 4.74 Å². The number of aryl methyl sites for hydroxylation is 1. The van der Waals surface area contributed by atoms with Crippen LogP contribution in [0.5, 0.6) is 0 Å². The van der Waals surface area contributed by atoms with Crippen molar-refractivity contribution in [3.63, 3.8) is 0 Å². The summed E-state index contributed by atoms with van der Waals surface area (Å²) in [5, 5.41) is 3.42. The Morgan fingerprint density at radius 3 is 2.74 bits per heavy atom. The number of thiophene rings is 1. The van der Waals surface area contributed by atoms with Crippen LogP contribution >= 0.6 is 27.3 Å². The number of ether oxygens (including phenoxy) is 1. The molecule has 0 bridgehead atoms. The molecule has 0 saturated carbocycles. The summed E-state index contributed by atoms with van der Waals surface area (Å²) in [6.45, 7) is 3.64. The number of hydrogen-bond donors (Lipinski definition) is 1. The third-order valence-corrected chi connectivity index (χ3v) is 5.73. The van der Waals surface area contributed by atoms with E-state index in [1.807, 2.05) is 18.4 Å². The minimum atomic E-state index is 0.251. The second kappa shape index (κ2) is 5.37. The van der Waals surface area contributed by atoms with Crippen LogP contribution in [0.3, 0.4) is 0 Å². The normalized spacial score (nSPS) is 15.5. The Morgan fingerprint density at radius 2 is 2.05 bits per heavy atom. The maximum absolute atomic E-state index is 5.49. The summed E-state index contributed by atoms with van der Waals surface area (Å²) in [5.41, 5.74) is 3.95. The van der Waals surface area contributed by atoms with E-state index in [0.29, 0.717) is 0 Å². The van der Waals surface area contributed by atoms with Crippen LogP contribution in [0, 0.1) is 6.92 Å². The number of nitrogens with one attached hydrogen (secondary N) is 1. The van der Waals surface area contributed by atoms with Crippen molar-refractivity contribution in [2.24, 2.45) is 0 Å². The highest BCUT2D eigenvalue weighted by Gasteiger charge is 2.18. The second-order valence-corrected chi connectivity index (χ2v) is 6.94. The standard InChI is InChI=1S/C15H16BrNOS/c1-9-13(16)6-14(19-9)15(17-2)10-3-4-11-7-18-8-12(11)5-10/h3-6,15,17H,7-8H2,1-2H3. The number of benzene rings is 1. The monoisotopic (exact) mass is 337 g/mol. The molecule has 0 amide bonds. The van der Waals surface area contributed by atoms with Crippen LogP contribution in [0.1, 0.15) is 32.5 Å². The third kappa shape index (κ3) is 2.50. The quantitative estimate of drug-likeness (QED) is 0.907. The van der Waals surface area contributed by atoms with Crippen molar-refractivity contribution in [2.75, 3.05) is 7.05 Å². The van der Waals surface area contributed by atoms with E-state index in [2.05, 4.69) is 52.4 Å². The van der Waals surface area contributed by atoms with Gasteiger partial charge in [-0.15, -0.1) is 11.3 Å². The smallest absolute Gasteiger partial charge is 0.0725 e. The fourth-order valence-corrected chi connectivity index (χ4v) is 4.17. The Hall–Kier alpha value is -0.680. The van der Waals surface area contributed by atoms with Crippen molar-refractivity contribution in [1.29, 1.82) is 0 Å². The fourth-order valence-electron chi connectivity index (χ4n) is 2.47. The lowest BCUT2D eigenvalue weighted by molar-refractivity contribution is 0.134. The summed E-state index contributed by atoms with van der Waals surface area (Å²) < 4.78 is 6.68. The number of hydrogen-bond acceptors (Lipinski definition) is 3. The molecule has 0 saturated heterocycles. The van der Waals surface area contributed by atoms with Gasteiger partial charge in [-0.2, -0.15) is 0 Å². The lowest BCUT2D eigenvalue weighted by atomic mass is 10.0. The molecule has 1 aliphatic rings. The number of fused-ring (bicyclic) bond motifs is 1. The van der Waals surface area contributed by atoms with Gasteiger partial charge in [0.1, 0.15) is 0 Å². The van der Waals surface area contributed by atoms with Gasteiger partial charge in [0.2, 0.25) is 0 Å². The van der Waals surface area contributed by atoms with Crippen LogP contribution in [-0.4, -0.2) is 7.05 Å². The van der Waals surface area contributed by atoms with Crippen molar-refractivity contribution in [1.82, 2.24) is 5.32 Å². The van der Waals surface area contributed by atoms with Crippen LogP contribution in [0.2, 0.25) is 0 Å². The first kappa shape index (κ1) is 13.3. The second-order valence-electron chi connectivity index (χ2n) is 4.80. The molecular formula is C15H16BrNOS. The molecule has 1 N–H and O–H groups in total. The summed E-state index contributed by atoms with van der Waals surface area (Å²) >= 11 is 5.43. The first-order valence-electron chi connectivity index (χ1n) is 6.31. The molecular weight excluding hydrogens is 322 g/mol. The van der Waals surface area contributed by atoms with Crippen LogP contribution in [0.25, 0.3) is 0 Å². The molecule has 1 aromatic carbocycles. The average Bonchev–Trinajstić information content (AvgIpc) is 2.98. The minimum absolute atomic E-state index is 0.251. The Kier molecular flexibility index (Phi) is 3.76. The average molecular weight is 338 g/mol. The van der Waals surface area contributed by atoms with Gasteiger partial charge in [0.25, 0.3) is 0 Å². The van der Waals surface area contributed by atoms with Crippen LogP contribution in [0.15, 0.2) is 28.7 Å². The molecule has 3 rings (SSSR count). The van der Waals surface area contributed by atoms with Gasteiger partial charge in [0, 0.05) is 14.2 Å². The predicted molar refractivity (Wildman–Crippen MR) is 82.6 cm³/mol. The van der Waals surface area contributed by atoms with E-state index >= 15 is 0 Å². The zero-order chi connectivity index (χ0) is 13.4. The Labute approximate surface area is 125 Å². The van der Waals surface area contributed by atoms with E-state index in [4.69, 9.17) is 4.74 Å². The molecule has 1 aliphatic heterocycles. The third-order valence-electron chi connectivity index (χ3n) is 3.53. The Bertz CT molecular complexity index is 589. The largest absolute Gasteiger partial charge is 0.372 e. The van der Waals surface area contributed by atoms with Gasteiger partial charge >= 0.3 is 0 Å². The van der Waals surface area contributed by atoms with E-state index < -0.39 is 0 Å². The first-order chi connectivity index (χ1) is 9.19. The molecule has 0 spiro atoms. The Morgan fingerprint density at radius 1 is 1.26 bits per heavy atom. The molecule has 0 radical (unpaired) electrons. The number of rotatable bonds is 3. The summed E-state index contributed by atoms with van der Waals surface area (Å²) in [4.78, 5) is 2.66. The van der Waals surface area contributed by atoms with Crippen molar-refractivity contribution >= 4 is 27.3 Å². The highest BCUT2D eigenvalue weighted by molar-refractivity contribution is 9.10. The first-order valence-corrected chi connectivity index (χ1v) is 7.92. The summed E-state index contributed by atoms with van der Waals surface area (Å²) in [7, 11) is 2.01. The van der Waals surface area contributed by atoms with E-state index in [-0.39, 0.29) is 6.04 Å². The highest BCUT2D eigenvalue weighted by atomic mass is 79.9. The molecule has 2 heterocycles. The summed E-state index contributed by atoms with van der Waals surface area (Å²) in [6, 6.07) is 9.13. The van der Waals surface area contributed by atoms with Gasteiger partial charge in [-0.05, 0) is 52.7 Å². The summed E-state index contributed by atoms with van der Waals surface area (Å²) in [5.74, 6) is 0. The fraction of sp³-hybridized carbons (Fsp3) is 0.333. The highest BCUT2D eigenvalue weighted by Crippen LogP contribution is 2.34. The van der Waals surface area contributed by atoms with Gasteiger partial charge in [-0.1, -0.05) is 18.2 Å². The lowest BCUT2D eigenvalue weighted by Gasteiger charge is -2.16. The molecule has 19 heavy (non-hydrogen) atoms. The molecule has 1 atom stereocenters. The maximum atomic E-state index is 5.49. The molecule has 4 heteroatoms. The number of halogens is 1.